The first-order valence-corrected chi connectivity index (χ1v) is 10.3. The van der Waals surface area contributed by atoms with E-state index < -0.39 is 10.1 Å². The summed E-state index contributed by atoms with van der Waals surface area (Å²) in [5.74, 6) is 0.0715. The van der Waals surface area contributed by atoms with Crippen LogP contribution in [-0.2, 0) is 15.5 Å². The van der Waals surface area contributed by atoms with E-state index in [0.717, 1.165) is 0 Å². The van der Waals surface area contributed by atoms with Crippen LogP contribution in [-0.4, -0.2) is 18.2 Å². The van der Waals surface area contributed by atoms with Gasteiger partial charge in [-0.15, -0.1) is 0 Å². The first-order valence-electron chi connectivity index (χ1n) is 8.13. The zero-order valence-corrected chi connectivity index (χ0v) is 17.3. The fraction of sp³-hybridized carbons (Fsp3) is 0.211. The second-order valence-electron chi connectivity index (χ2n) is 6.98. The number of hydrogen-bond acceptors (Lipinski definition) is 4. The summed E-state index contributed by atoms with van der Waals surface area (Å²) in [5, 5.41) is 5.25. The van der Waals surface area contributed by atoms with Crippen molar-refractivity contribution in [3.05, 3.63) is 70.3 Å². The molecule has 142 valence electrons. The number of aromatic nitrogens is 2. The van der Waals surface area contributed by atoms with Crippen LogP contribution in [0.3, 0.4) is 0 Å². The third kappa shape index (κ3) is 4.29. The van der Waals surface area contributed by atoms with Crippen molar-refractivity contribution < 1.29 is 12.6 Å². The van der Waals surface area contributed by atoms with Crippen LogP contribution in [0.1, 0.15) is 26.5 Å². The van der Waals surface area contributed by atoms with Crippen molar-refractivity contribution in [2.24, 2.45) is 0 Å². The molecule has 0 saturated carbocycles. The molecule has 3 rings (SSSR count). The van der Waals surface area contributed by atoms with Crippen LogP contribution in [0.4, 0.5) is 0 Å². The monoisotopic (exact) mass is 424 g/mol. The predicted octanol–water partition coefficient (Wildman–Crippen LogP) is 5.24. The van der Waals surface area contributed by atoms with Gasteiger partial charge in [-0.2, -0.15) is 18.2 Å². The molecule has 0 radical (unpaired) electrons. The summed E-state index contributed by atoms with van der Waals surface area (Å²) in [4.78, 5) is 0.0594. The molecule has 5 nitrogen and oxygen atoms in total. The van der Waals surface area contributed by atoms with Gasteiger partial charge in [0, 0.05) is 11.5 Å². The van der Waals surface area contributed by atoms with Crippen molar-refractivity contribution in [1.82, 2.24) is 9.78 Å². The molecule has 0 aliphatic heterocycles. The SMILES string of the molecule is CC(C)(C)c1cc(OS(=O)(=O)c2ccccc2)n(-c2ccc(Cl)c(Cl)c2)n1. The van der Waals surface area contributed by atoms with Gasteiger partial charge in [-0.3, -0.25) is 0 Å². The molecule has 0 aliphatic carbocycles. The van der Waals surface area contributed by atoms with E-state index in [1.807, 2.05) is 20.8 Å². The highest BCUT2D eigenvalue weighted by atomic mass is 35.5. The Morgan fingerprint density at radius 1 is 0.963 bits per heavy atom. The average molecular weight is 425 g/mol. The average Bonchev–Trinajstić information content (AvgIpc) is 3.01. The zero-order chi connectivity index (χ0) is 19.8. The Kier molecular flexibility index (Phi) is 5.25. The van der Waals surface area contributed by atoms with Gasteiger partial charge in [-0.05, 0) is 30.3 Å². The molecular weight excluding hydrogens is 407 g/mol. The molecule has 0 saturated heterocycles. The van der Waals surface area contributed by atoms with Crippen molar-refractivity contribution in [2.45, 2.75) is 31.1 Å². The molecule has 0 N–H and O–H groups in total. The molecule has 1 heterocycles. The largest absolute Gasteiger partial charge is 0.358 e. The highest BCUT2D eigenvalue weighted by Crippen LogP contribution is 2.31. The number of hydrogen-bond donors (Lipinski definition) is 0. The number of rotatable bonds is 4. The lowest BCUT2D eigenvalue weighted by Gasteiger charge is -2.14. The van der Waals surface area contributed by atoms with Gasteiger partial charge in [0.25, 0.3) is 0 Å². The van der Waals surface area contributed by atoms with Gasteiger partial charge in [0.1, 0.15) is 4.90 Å². The van der Waals surface area contributed by atoms with Crippen LogP contribution in [0.2, 0.25) is 10.0 Å². The Bertz CT molecular complexity index is 1070. The van der Waals surface area contributed by atoms with Gasteiger partial charge < -0.3 is 4.18 Å². The lowest BCUT2D eigenvalue weighted by molar-refractivity contribution is 0.464. The summed E-state index contributed by atoms with van der Waals surface area (Å²) in [5.41, 5.74) is 0.904. The predicted molar refractivity (Wildman–Crippen MR) is 107 cm³/mol. The molecule has 0 fully saturated rings. The van der Waals surface area contributed by atoms with E-state index in [9.17, 15) is 8.42 Å². The van der Waals surface area contributed by atoms with E-state index in [4.69, 9.17) is 27.4 Å². The maximum Gasteiger partial charge on any atom is 0.340 e. The smallest absolute Gasteiger partial charge is 0.340 e. The highest BCUT2D eigenvalue weighted by Gasteiger charge is 2.25. The van der Waals surface area contributed by atoms with Gasteiger partial charge in [-0.25, -0.2) is 0 Å². The van der Waals surface area contributed by atoms with Crippen LogP contribution < -0.4 is 4.18 Å². The molecule has 0 spiro atoms. The third-order valence-electron chi connectivity index (χ3n) is 3.82. The third-order valence-corrected chi connectivity index (χ3v) is 5.80. The minimum absolute atomic E-state index is 0.0594. The highest BCUT2D eigenvalue weighted by molar-refractivity contribution is 7.87. The quantitative estimate of drug-likeness (QED) is 0.536. The number of nitrogens with zero attached hydrogens (tertiary/aromatic N) is 2. The van der Waals surface area contributed by atoms with E-state index >= 15 is 0 Å². The maximum atomic E-state index is 12.7. The van der Waals surface area contributed by atoms with E-state index in [-0.39, 0.29) is 16.2 Å². The molecule has 0 unspecified atom stereocenters. The molecule has 0 atom stereocenters. The molecule has 8 heteroatoms. The Morgan fingerprint density at radius 2 is 1.63 bits per heavy atom. The summed E-state index contributed by atoms with van der Waals surface area (Å²) < 4.78 is 32.1. The van der Waals surface area contributed by atoms with Gasteiger partial charge in [0.15, 0.2) is 0 Å². The fourth-order valence-corrected chi connectivity index (χ4v) is 3.56. The Balaban J connectivity index is 2.11. The first-order chi connectivity index (χ1) is 12.6. The Morgan fingerprint density at radius 3 is 2.22 bits per heavy atom. The fourth-order valence-electron chi connectivity index (χ4n) is 2.34. The van der Waals surface area contributed by atoms with Crippen molar-refractivity contribution in [3.63, 3.8) is 0 Å². The maximum absolute atomic E-state index is 12.7. The molecule has 0 amide bonds. The van der Waals surface area contributed by atoms with Crippen molar-refractivity contribution >= 4 is 33.3 Å². The molecule has 1 aromatic heterocycles. The molecule has 2 aromatic carbocycles. The Labute approximate surface area is 168 Å². The first kappa shape index (κ1) is 19.7. The van der Waals surface area contributed by atoms with Crippen molar-refractivity contribution in [2.75, 3.05) is 0 Å². The summed E-state index contributed by atoms with van der Waals surface area (Å²) in [6.45, 7) is 5.93. The van der Waals surface area contributed by atoms with Crippen molar-refractivity contribution in [3.8, 4) is 11.6 Å². The van der Waals surface area contributed by atoms with E-state index in [2.05, 4.69) is 5.10 Å². The summed E-state index contributed by atoms with van der Waals surface area (Å²) in [7, 11) is -4.01. The minimum atomic E-state index is -4.01. The van der Waals surface area contributed by atoms with Crippen LogP contribution in [0.15, 0.2) is 59.5 Å². The second-order valence-corrected chi connectivity index (χ2v) is 9.34. The van der Waals surface area contributed by atoms with Gasteiger partial charge >= 0.3 is 10.1 Å². The summed E-state index contributed by atoms with van der Waals surface area (Å²) in [6.07, 6.45) is 0. The number of benzene rings is 2. The standard InChI is InChI=1S/C19H18Cl2N2O3S/c1-19(2,3)17-12-18(26-27(24,25)14-7-5-4-6-8-14)23(22-17)13-9-10-15(20)16(21)11-13/h4-12H,1-3H3. The van der Waals surface area contributed by atoms with Gasteiger partial charge in [0.05, 0.1) is 21.4 Å². The van der Waals surface area contributed by atoms with Crippen LogP contribution >= 0.6 is 23.2 Å². The van der Waals surface area contributed by atoms with Gasteiger partial charge in [-0.1, -0.05) is 62.2 Å². The lowest BCUT2D eigenvalue weighted by atomic mass is 9.93. The molecule has 3 aromatic rings. The molecule has 0 bridgehead atoms. The normalized spacial score (nSPS) is 12.2. The Hall–Kier alpha value is -2.02. The number of halogens is 2. The topological polar surface area (TPSA) is 61.2 Å². The molecule has 0 aliphatic rings. The van der Waals surface area contributed by atoms with Crippen LogP contribution in [0.25, 0.3) is 5.69 Å². The van der Waals surface area contributed by atoms with Crippen LogP contribution in [0.5, 0.6) is 5.88 Å². The second kappa shape index (κ2) is 7.19. The van der Waals surface area contributed by atoms with E-state index in [0.29, 0.717) is 21.4 Å². The lowest BCUT2D eigenvalue weighted by Crippen LogP contribution is -2.13. The molecular formula is C19H18Cl2N2O3S. The van der Waals surface area contributed by atoms with E-state index in [1.54, 1.807) is 42.5 Å². The van der Waals surface area contributed by atoms with Gasteiger partial charge in [0.2, 0.25) is 5.88 Å². The van der Waals surface area contributed by atoms with Crippen molar-refractivity contribution in [1.29, 1.82) is 0 Å². The zero-order valence-electron chi connectivity index (χ0n) is 15.0. The van der Waals surface area contributed by atoms with E-state index in [1.165, 1.54) is 16.8 Å². The van der Waals surface area contributed by atoms with Crippen LogP contribution in [0, 0.1) is 0 Å². The molecule has 27 heavy (non-hydrogen) atoms. The summed E-state index contributed by atoms with van der Waals surface area (Å²) in [6, 6.07) is 14.5. The summed E-state index contributed by atoms with van der Waals surface area (Å²) >= 11 is 12.1. The minimum Gasteiger partial charge on any atom is -0.358 e.